The Balaban J connectivity index is 1.89. The van der Waals surface area contributed by atoms with E-state index in [1.165, 1.54) is 18.3 Å². The molecule has 1 aliphatic heterocycles. The van der Waals surface area contributed by atoms with Crippen molar-refractivity contribution < 1.29 is 18.0 Å². The zero-order valence-electron chi connectivity index (χ0n) is 10.2. The van der Waals surface area contributed by atoms with Crippen molar-refractivity contribution in [2.45, 2.75) is 12.5 Å². The molecule has 1 fully saturated rings. The summed E-state index contributed by atoms with van der Waals surface area (Å²) in [5.41, 5.74) is 7.72. The Labute approximate surface area is 112 Å². The molecule has 0 spiro atoms. The average molecular weight is 287 g/mol. The SMILES string of the molecule is O=C1CNNC(N/N=C/c2ccc(C(F)(F)F)cc2)N1. The Morgan fingerprint density at radius 1 is 1.30 bits per heavy atom. The molecule has 1 atom stereocenters. The van der Waals surface area contributed by atoms with Crippen LogP contribution < -0.4 is 21.6 Å². The zero-order valence-corrected chi connectivity index (χ0v) is 10.2. The third-order valence-electron chi connectivity index (χ3n) is 2.46. The summed E-state index contributed by atoms with van der Waals surface area (Å²) in [5, 5.41) is 6.36. The smallest absolute Gasteiger partial charge is 0.320 e. The molecule has 1 aromatic carbocycles. The quantitative estimate of drug-likeness (QED) is 0.471. The molecule has 4 N–H and O–H groups in total. The van der Waals surface area contributed by atoms with Gasteiger partial charge in [-0.25, -0.2) is 10.9 Å². The largest absolute Gasteiger partial charge is 0.416 e. The number of nitrogens with one attached hydrogen (secondary N) is 4. The van der Waals surface area contributed by atoms with Crippen LogP contribution in [0.3, 0.4) is 0 Å². The predicted octanol–water partition coefficient (Wildman–Crippen LogP) is 0.137. The molecule has 108 valence electrons. The van der Waals surface area contributed by atoms with Crippen molar-refractivity contribution in [1.29, 1.82) is 0 Å². The monoisotopic (exact) mass is 287 g/mol. The third-order valence-corrected chi connectivity index (χ3v) is 2.46. The van der Waals surface area contributed by atoms with Crippen LogP contribution in [0.1, 0.15) is 11.1 Å². The van der Waals surface area contributed by atoms with Gasteiger partial charge in [-0.1, -0.05) is 12.1 Å². The highest BCUT2D eigenvalue weighted by Gasteiger charge is 2.29. The first-order chi connectivity index (χ1) is 9.45. The average Bonchev–Trinajstić information content (AvgIpc) is 2.38. The van der Waals surface area contributed by atoms with Crippen molar-refractivity contribution in [2.75, 3.05) is 6.54 Å². The Morgan fingerprint density at radius 3 is 2.60 bits per heavy atom. The van der Waals surface area contributed by atoms with Gasteiger partial charge in [-0.15, -0.1) is 0 Å². The number of carbonyl (C=O) groups is 1. The summed E-state index contributed by atoms with van der Waals surface area (Å²) in [6.45, 7) is 0.154. The molecule has 1 heterocycles. The van der Waals surface area contributed by atoms with Crippen molar-refractivity contribution in [3.63, 3.8) is 0 Å². The van der Waals surface area contributed by atoms with E-state index >= 15 is 0 Å². The van der Waals surface area contributed by atoms with E-state index < -0.39 is 18.0 Å². The molecule has 6 nitrogen and oxygen atoms in total. The summed E-state index contributed by atoms with van der Waals surface area (Å²) in [6, 6.07) is 4.56. The molecule has 1 unspecified atom stereocenters. The van der Waals surface area contributed by atoms with E-state index in [2.05, 4.69) is 26.7 Å². The van der Waals surface area contributed by atoms with Crippen LogP contribution >= 0.6 is 0 Å². The molecule has 1 aromatic rings. The number of carbonyl (C=O) groups excluding carboxylic acids is 1. The molecule has 1 aliphatic rings. The van der Waals surface area contributed by atoms with Crippen molar-refractivity contribution in [1.82, 2.24) is 21.6 Å². The molecule has 0 bridgehead atoms. The van der Waals surface area contributed by atoms with Crippen LogP contribution in [0.5, 0.6) is 0 Å². The maximum absolute atomic E-state index is 12.3. The standard InChI is InChI=1S/C11H12F3N5O/c12-11(13,14)8-3-1-7(2-4-8)5-15-18-10-17-9(20)6-16-19-10/h1-5,10,16,18-19H,6H2,(H,17,20)/b15-5+. The van der Waals surface area contributed by atoms with Crippen LogP contribution in [0.2, 0.25) is 0 Å². The molecule has 0 radical (unpaired) electrons. The van der Waals surface area contributed by atoms with Gasteiger partial charge in [0.25, 0.3) is 0 Å². The van der Waals surface area contributed by atoms with E-state index in [0.29, 0.717) is 5.56 Å². The normalized spacial score (nSPS) is 19.9. The molecular weight excluding hydrogens is 275 g/mol. The van der Waals surface area contributed by atoms with Gasteiger partial charge in [-0.3, -0.25) is 10.2 Å². The molecule has 1 saturated heterocycles. The van der Waals surface area contributed by atoms with Crippen LogP contribution in [0.4, 0.5) is 13.2 Å². The number of rotatable bonds is 3. The maximum atomic E-state index is 12.3. The Morgan fingerprint density at radius 2 is 2.00 bits per heavy atom. The summed E-state index contributed by atoms with van der Waals surface area (Å²) in [6.07, 6.45) is -3.58. The summed E-state index contributed by atoms with van der Waals surface area (Å²) < 4.78 is 37.0. The number of halogens is 3. The van der Waals surface area contributed by atoms with Crippen molar-refractivity contribution in [3.8, 4) is 0 Å². The number of hydrogen-bond donors (Lipinski definition) is 4. The fourth-order valence-corrected chi connectivity index (χ4v) is 1.49. The van der Waals surface area contributed by atoms with E-state index in [-0.39, 0.29) is 12.5 Å². The van der Waals surface area contributed by atoms with Gasteiger partial charge in [0.2, 0.25) is 5.91 Å². The topological polar surface area (TPSA) is 77.6 Å². The van der Waals surface area contributed by atoms with Crippen molar-refractivity contribution in [3.05, 3.63) is 35.4 Å². The highest BCUT2D eigenvalue weighted by molar-refractivity contribution is 5.80. The predicted molar refractivity (Wildman–Crippen MR) is 65.2 cm³/mol. The molecule has 9 heteroatoms. The minimum Gasteiger partial charge on any atom is -0.320 e. The highest BCUT2D eigenvalue weighted by Crippen LogP contribution is 2.28. The van der Waals surface area contributed by atoms with Crippen LogP contribution in [-0.2, 0) is 11.0 Å². The number of amides is 1. The van der Waals surface area contributed by atoms with E-state index in [0.717, 1.165) is 12.1 Å². The molecule has 0 aromatic heterocycles. The number of benzene rings is 1. The second-order valence-corrected chi connectivity index (χ2v) is 4.01. The van der Waals surface area contributed by atoms with Crippen LogP contribution in [0, 0.1) is 0 Å². The van der Waals surface area contributed by atoms with Crippen LogP contribution in [-0.4, -0.2) is 25.0 Å². The zero-order chi connectivity index (χ0) is 14.6. The Kier molecular flexibility index (Phi) is 4.20. The lowest BCUT2D eigenvalue weighted by molar-refractivity contribution is -0.137. The molecule has 0 saturated carbocycles. The molecular formula is C11H12F3N5O. The first-order valence-electron chi connectivity index (χ1n) is 5.69. The van der Waals surface area contributed by atoms with Crippen LogP contribution in [0.25, 0.3) is 0 Å². The fraction of sp³-hybridized carbons (Fsp3) is 0.273. The molecule has 0 aliphatic carbocycles. The summed E-state index contributed by atoms with van der Waals surface area (Å²) in [7, 11) is 0. The number of hydrazine groups is 1. The second kappa shape index (κ2) is 5.88. The summed E-state index contributed by atoms with van der Waals surface area (Å²) >= 11 is 0. The van der Waals surface area contributed by atoms with E-state index in [1.807, 2.05) is 0 Å². The van der Waals surface area contributed by atoms with E-state index in [1.54, 1.807) is 0 Å². The highest BCUT2D eigenvalue weighted by atomic mass is 19.4. The number of alkyl halides is 3. The van der Waals surface area contributed by atoms with E-state index in [4.69, 9.17) is 0 Å². The molecule has 1 amide bonds. The minimum atomic E-state index is -4.35. The number of hydrogen-bond acceptors (Lipinski definition) is 5. The number of hydrazone groups is 1. The van der Waals surface area contributed by atoms with Crippen molar-refractivity contribution >= 4 is 12.1 Å². The lowest BCUT2D eigenvalue weighted by Gasteiger charge is -2.24. The third kappa shape index (κ3) is 3.93. The second-order valence-electron chi connectivity index (χ2n) is 4.01. The van der Waals surface area contributed by atoms with Crippen molar-refractivity contribution in [2.24, 2.45) is 5.10 Å². The fourth-order valence-electron chi connectivity index (χ4n) is 1.49. The molecule has 2 rings (SSSR count). The van der Waals surface area contributed by atoms with Crippen LogP contribution in [0.15, 0.2) is 29.4 Å². The Bertz CT molecular complexity index is 500. The van der Waals surface area contributed by atoms with Gasteiger partial charge in [0.05, 0.1) is 18.3 Å². The number of nitrogens with zero attached hydrogens (tertiary/aromatic N) is 1. The van der Waals surface area contributed by atoms with E-state index in [9.17, 15) is 18.0 Å². The van der Waals surface area contributed by atoms with Gasteiger partial charge in [-0.05, 0) is 17.7 Å². The summed E-state index contributed by atoms with van der Waals surface area (Å²) in [4.78, 5) is 11.0. The van der Waals surface area contributed by atoms with Gasteiger partial charge in [0.1, 0.15) is 0 Å². The lowest BCUT2D eigenvalue weighted by Crippen LogP contribution is -2.64. The maximum Gasteiger partial charge on any atom is 0.416 e. The minimum absolute atomic E-state index is 0.154. The van der Waals surface area contributed by atoms with Gasteiger partial charge in [0.15, 0.2) is 6.29 Å². The van der Waals surface area contributed by atoms with Gasteiger partial charge >= 0.3 is 6.18 Å². The Hall–Kier alpha value is -2.13. The first kappa shape index (κ1) is 14.3. The first-order valence-corrected chi connectivity index (χ1v) is 5.69. The lowest BCUT2D eigenvalue weighted by atomic mass is 10.1. The summed E-state index contributed by atoms with van der Waals surface area (Å²) in [5.74, 6) is -0.203. The van der Waals surface area contributed by atoms with Gasteiger partial charge < -0.3 is 5.32 Å². The van der Waals surface area contributed by atoms with Gasteiger partial charge in [0, 0.05) is 0 Å². The molecule has 20 heavy (non-hydrogen) atoms. The van der Waals surface area contributed by atoms with Gasteiger partial charge in [-0.2, -0.15) is 18.3 Å².